The first-order valence-electron chi connectivity index (χ1n) is 12.6. The van der Waals surface area contributed by atoms with Gasteiger partial charge in [-0.15, -0.1) is 10.2 Å². The summed E-state index contributed by atoms with van der Waals surface area (Å²) in [7, 11) is 0. The molecule has 0 spiro atoms. The molecule has 200 valence electrons. The molecule has 5 aromatic rings. The fourth-order valence-corrected chi connectivity index (χ4v) is 4.46. The molecule has 0 saturated heterocycles. The monoisotopic (exact) mass is 535 g/mol. The highest BCUT2D eigenvalue weighted by molar-refractivity contribution is 5.99. The molecule has 0 bridgehead atoms. The lowest BCUT2D eigenvalue weighted by Crippen LogP contribution is -2.33. The quantitative estimate of drug-likeness (QED) is 0.228. The van der Waals surface area contributed by atoms with Gasteiger partial charge in [0.1, 0.15) is 11.5 Å². The fraction of sp³-hybridized carbons (Fsp3) is 0.179. The van der Waals surface area contributed by atoms with Crippen LogP contribution >= 0.6 is 0 Å². The second-order valence-corrected chi connectivity index (χ2v) is 9.69. The lowest BCUT2D eigenvalue weighted by Gasteiger charge is -2.20. The molecule has 1 aromatic carbocycles. The lowest BCUT2D eigenvalue weighted by atomic mass is 10.0. The van der Waals surface area contributed by atoms with Gasteiger partial charge < -0.3 is 25.5 Å². The van der Waals surface area contributed by atoms with Gasteiger partial charge in [0.05, 0.1) is 40.7 Å². The first kappa shape index (κ1) is 25.1. The van der Waals surface area contributed by atoms with Gasteiger partial charge in [0.2, 0.25) is 5.95 Å². The Labute approximate surface area is 229 Å². The first-order chi connectivity index (χ1) is 19.4. The molecule has 6 rings (SSSR count). The number of anilines is 3. The lowest BCUT2D eigenvalue weighted by molar-refractivity contribution is 0.0940. The molecule has 1 amide bonds. The maximum absolute atomic E-state index is 12.2. The molecular weight excluding hydrogens is 510 g/mol. The Balaban J connectivity index is 1.36. The molecule has 1 atom stereocenters. The highest BCUT2D eigenvalue weighted by Crippen LogP contribution is 2.34. The van der Waals surface area contributed by atoms with Gasteiger partial charge in [-0.2, -0.15) is 0 Å². The van der Waals surface area contributed by atoms with Crippen LogP contribution in [0.3, 0.4) is 0 Å². The summed E-state index contributed by atoms with van der Waals surface area (Å²) in [5.41, 5.74) is 2.96. The van der Waals surface area contributed by atoms with Crippen LogP contribution in [0.15, 0.2) is 77.6 Å². The van der Waals surface area contributed by atoms with Crippen LogP contribution in [0.4, 0.5) is 17.5 Å². The van der Waals surface area contributed by atoms with Gasteiger partial charge in [-0.25, -0.2) is 15.0 Å². The smallest absolute Gasteiger partial charge is 0.266 e. The third-order valence-corrected chi connectivity index (χ3v) is 6.45. The Kier molecular flexibility index (Phi) is 6.36. The predicted octanol–water partition coefficient (Wildman–Crippen LogP) is 3.85. The number of aliphatic hydroxyl groups is 1. The maximum Gasteiger partial charge on any atom is 0.266 e. The maximum atomic E-state index is 12.2. The van der Waals surface area contributed by atoms with E-state index in [1.54, 1.807) is 30.6 Å². The number of carbonyl (C=O) groups excluding carboxylic acids is 1. The van der Waals surface area contributed by atoms with Gasteiger partial charge in [0.25, 0.3) is 17.7 Å². The zero-order valence-electron chi connectivity index (χ0n) is 21.7. The van der Waals surface area contributed by atoms with Crippen molar-refractivity contribution in [3.8, 4) is 23.0 Å². The Morgan fingerprint density at radius 2 is 1.75 bits per heavy atom. The van der Waals surface area contributed by atoms with Crippen molar-refractivity contribution < 1.29 is 14.3 Å². The van der Waals surface area contributed by atoms with Crippen LogP contribution in [0.2, 0.25) is 0 Å². The van der Waals surface area contributed by atoms with Gasteiger partial charge in [-0.3, -0.25) is 9.78 Å². The van der Waals surface area contributed by atoms with E-state index in [1.807, 2.05) is 50.2 Å². The molecule has 12 heteroatoms. The summed E-state index contributed by atoms with van der Waals surface area (Å²) in [6.45, 7) is 3.59. The molecule has 1 aliphatic heterocycles. The molecule has 4 N–H and O–H groups in total. The molecule has 40 heavy (non-hydrogen) atoms. The standard InChI is InChI=1S/C28H25N9O3/c1-28(2)23-18(24(39)35-28)14-31-27(34-23)33-22-12-20(32-21(15-38)16-8-4-3-5-9-16)17(13-30-22)25-36-37-26(40-25)19-10-6-7-11-29-19/h3-14,21,38H,15H2,1-2H3,(H,35,39)(H2,30,31,32,33,34)/t21-/m1/s1. The molecular formula is C28H25N9O3. The molecule has 0 fully saturated rings. The zero-order valence-corrected chi connectivity index (χ0v) is 21.7. The Bertz CT molecular complexity index is 1670. The summed E-state index contributed by atoms with van der Waals surface area (Å²) >= 11 is 0. The molecule has 0 unspecified atom stereocenters. The number of carbonyl (C=O) groups is 1. The summed E-state index contributed by atoms with van der Waals surface area (Å²) in [6.07, 6.45) is 4.73. The number of hydrogen-bond acceptors (Lipinski definition) is 11. The van der Waals surface area contributed by atoms with Crippen molar-refractivity contribution in [1.29, 1.82) is 0 Å². The van der Waals surface area contributed by atoms with Gasteiger partial charge in [-0.1, -0.05) is 36.4 Å². The van der Waals surface area contributed by atoms with Crippen LogP contribution < -0.4 is 16.0 Å². The van der Waals surface area contributed by atoms with Gasteiger partial charge in [0.15, 0.2) is 0 Å². The summed E-state index contributed by atoms with van der Waals surface area (Å²) < 4.78 is 5.95. The second-order valence-electron chi connectivity index (χ2n) is 9.69. The summed E-state index contributed by atoms with van der Waals surface area (Å²) in [5, 5.41) is 28.0. The third-order valence-electron chi connectivity index (χ3n) is 6.45. The van der Waals surface area contributed by atoms with Crippen molar-refractivity contribution in [2.24, 2.45) is 0 Å². The number of aromatic nitrogens is 6. The number of benzene rings is 1. The van der Waals surface area contributed by atoms with E-state index in [1.165, 1.54) is 6.20 Å². The van der Waals surface area contributed by atoms with E-state index in [9.17, 15) is 9.90 Å². The molecule has 0 radical (unpaired) electrons. The Morgan fingerprint density at radius 1 is 0.975 bits per heavy atom. The molecule has 1 aliphatic rings. The molecule has 4 aromatic heterocycles. The van der Waals surface area contributed by atoms with Gasteiger partial charge >= 0.3 is 0 Å². The molecule has 0 aliphatic carbocycles. The largest absolute Gasteiger partial charge is 0.414 e. The SMILES string of the molecule is CC1(C)NC(=O)c2cnc(Nc3cc(N[C@H](CO)c4ccccc4)c(-c4nnc(-c5ccccn5)o4)cn3)nc21. The molecule has 0 saturated carbocycles. The van der Waals surface area contributed by atoms with Crippen LogP contribution in [0.5, 0.6) is 0 Å². The molecule has 5 heterocycles. The number of amides is 1. The zero-order chi connectivity index (χ0) is 27.7. The number of hydrogen-bond donors (Lipinski definition) is 4. The average molecular weight is 536 g/mol. The van der Waals surface area contributed by atoms with Gasteiger partial charge in [-0.05, 0) is 31.5 Å². The summed E-state index contributed by atoms with van der Waals surface area (Å²) in [4.78, 5) is 29.9. The number of pyridine rings is 2. The van der Waals surface area contributed by atoms with E-state index in [2.05, 4.69) is 46.1 Å². The topological polar surface area (TPSA) is 164 Å². The normalized spacial score (nSPS) is 14.3. The third kappa shape index (κ3) is 4.83. The highest BCUT2D eigenvalue weighted by Gasteiger charge is 2.37. The summed E-state index contributed by atoms with van der Waals surface area (Å²) in [6, 6.07) is 16.3. The second kappa shape index (κ2) is 10.2. The molecule has 12 nitrogen and oxygen atoms in total. The first-order valence-corrected chi connectivity index (χ1v) is 12.6. The van der Waals surface area contributed by atoms with E-state index in [-0.39, 0.29) is 30.2 Å². The van der Waals surface area contributed by atoms with Crippen molar-refractivity contribution in [2.75, 3.05) is 17.2 Å². The van der Waals surface area contributed by atoms with E-state index in [4.69, 9.17) is 4.42 Å². The van der Waals surface area contributed by atoms with Crippen LogP contribution in [-0.4, -0.2) is 47.8 Å². The number of aliphatic hydroxyl groups excluding tert-OH is 1. The van der Waals surface area contributed by atoms with Crippen molar-refractivity contribution in [3.63, 3.8) is 0 Å². The van der Waals surface area contributed by atoms with Gasteiger partial charge in [0, 0.05) is 24.7 Å². The van der Waals surface area contributed by atoms with Crippen molar-refractivity contribution in [2.45, 2.75) is 25.4 Å². The van der Waals surface area contributed by atoms with E-state index in [0.717, 1.165) is 5.56 Å². The number of rotatable bonds is 8. The van der Waals surface area contributed by atoms with E-state index < -0.39 is 11.6 Å². The summed E-state index contributed by atoms with van der Waals surface area (Å²) in [5.74, 6) is 0.998. The van der Waals surface area contributed by atoms with E-state index >= 15 is 0 Å². The van der Waals surface area contributed by atoms with Crippen LogP contribution in [0.1, 0.15) is 41.5 Å². The minimum absolute atomic E-state index is 0.165. The van der Waals surface area contributed by atoms with Crippen LogP contribution in [-0.2, 0) is 5.54 Å². The van der Waals surface area contributed by atoms with Crippen molar-refractivity contribution in [1.82, 2.24) is 35.5 Å². The predicted molar refractivity (Wildman–Crippen MR) is 146 cm³/mol. The minimum atomic E-state index is -0.622. The number of nitrogens with one attached hydrogen (secondary N) is 3. The minimum Gasteiger partial charge on any atom is -0.414 e. The Hall–Kier alpha value is -5.23. The fourth-order valence-electron chi connectivity index (χ4n) is 4.46. The number of fused-ring (bicyclic) bond motifs is 1. The Morgan fingerprint density at radius 3 is 2.52 bits per heavy atom. The highest BCUT2D eigenvalue weighted by atomic mass is 16.4. The van der Waals surface area contributed by atoms with Crippen LogP contribution in [0, 0.1) is 0 Å². The van der Waals surface area contributed by atoms with Crippen molar-refractivity contribution in [3.05, 3.63) is 90.0 Å². The van der Waals surface area contributed by atoms with Crippen LogP contribution in [0.25, 0.3) is 23.0 Å². The van der Waals surface area contributed by atoms with E-state index in [0.29, 0.717) is 34.0 Å². The average Bonchev–Trinajstić information content (AvgIpc) is 3.55. The number of nitrogens with zero attached hydrogens (tertiary/aromatic N) is 6. The van der Waals surface area contributed by atoms with Crippen molar-refractivity contribution >= 4 is 23.4 Å².